The number of halogens is 2. The number of hydrogen-bond acceptors (Lipinski definition) is 2. The van der Waals surface area contributed by atoms with E-state index in [1.54, 1.807) is 13.8 Å². The third-order valence-corrected chi connectivity index (χ3v) is 2.75. The summed E-state index contributed by atoms with van der Waals surface area (Å²) in [7, 11) is 0. The van der Waals surface area contributed by atoms with Crippen LogP contribution in [0.4, 0.5) is 8.78 Å². The molecule has 0 radical (unpaired) electrons. The zero-order valence-electron chi connectivity index (χ0n) is 10.6. The van der Waals surface area contributed by atoms with Crippen molar-refractivity contribution in [2.45, 2.75) is 20.3 Å². The normalized spacial score (nSPS) is 11.4. The maximum atomic E-state index is 12.9. The van der Waals surface area contributed by atoms with E-state index in [2.05, 4.69) is 5.32 Å². The van der Waals surface area contributed by atoms with Gasteiger partial charge in [0.05, 0.1) is 5.41 Å². The predicted molar refractivity (Wildman–Crippen MR) is 65.9 cm³/mol. The summed E-state index contributed by atoms with van der Waals surface area (Å²) in [6.07, 6.45) is 0.376. The van der Waals surface area contributed by atoms with Crippen molar-refractivity contribution >= 4 is 5.91 Å². The molecule has 0 fully saturated rings. The number of amides is 1. The highest BCUT2D eigenvalue weighted by atomic mass is 19.1. The number of carbonyl (C=O) groups excluding carboxylic acids is 1. The lowest BCUT2D eigenvalue weighted by Gasteiger charge is -2.21. The van der Waals surface area contributed by atoms with Crippen molar-refractivity contribution in [3.05, 3.63) is 35.4 Å². The Hall–Kier alpha value is -1.49. The molecule has 0 aliphatic rings. The first kappa shape index (κ1) is 14.6. The van der Waals surface area contributed by atoms with Crippen molar-refractivity contribution in [1.82, 2.24) is 5.32 Å². The van der Waals surface area contributed by atoms with Gasteiger partial charge in [0.25, 0.3) is 0 Å². The average molecular weight is 256 g/mol. The van der Waals surface area contributed by atoms with Gasteiger partial charge in [0.1, 0.15) is 11.6 Å². The van der Waals surface area contributed by atoms with Crippen LogP contribution in [0.15, 0.2) is 18.2 Å². The van der Waals surface area contributed by atoms with E-state index in [0.717, 1.165) is 6.07 Å². The Kier molecular flexibility index (Phi) is 4.78. The molecule has 0 aromatic heterocycles. The number of nitrogens with one attached hydrogen (secondary N) is 1. The molecule has 1 aromatic carbocycles. The second-order valence-corrected chi connectivity index (χ2v) is 4.87. The van der Waals surface area contributed by atoms with E-state index in [4.69, 9.17) is 5.73 Å². The van der Waals surface area contributed by atoms with Crippen LogP contribution in [-0.4, -0.2) is 19.0 Å². The van der Waals surface area contributed by atoms with Crippen LogP contribution in [0.1, 0.15) is 19.4 Å². The van der Waals surface area contributed by atoms with E-state index in [1.807, 2.05) is 0 Å². The fourth-order valence-corrected chi connectivity index (χ4v) is 1.41. The summed E-state index contributed by atoms with van der Waals surface area (Å²) in [4.78, 5) is 11.7. The molecule has 3 nitrogen and oxygen atoms in total. The number of nitrogens with two attached hydrogens (primary N) is 1. The molecule has 3 N–H and O–H groups in total. The van der Waals surface area contributed by atoms with E-state index >= 15 is 0 Å². The maximum Gasteiger partial charge on any atom is 0.226 e. The fraction of sp³-hybridized carbons (Fsp3) is 0.462. The Balaban J connectivity index is 2.49. The Bertz CT molecular complexity index is 413. The summed E-state index contributed by atoms with van der Waals surface area (Å²) in [6, 6.07) is 3.33. The summed E-state index contributed by atoms with van der Waals surface area (Å²) in [5.41, 5.74) is 5.35. The van der Waals surface area contributed by atoms with Crippen molar-refractivity contribution in [1.29, 1.82) is 0 Å². The van der Waals surface area contributed by atoms with Gasteiger partial charge in [-0.1, -0.05) is 0 Å². The van der Waals surface area contributed by atoms with Crippen LogP contribution in [0.5, 0.6) is 0 Å². The Morgan fingerprint density at radius 3 is 2.33 bits per heavy atom. The second kappa shape index (κ2) is 5.91. The molecular weight excluding hydrogens is 238 g/mol. The van der Waals surface area contributed by atoms with Crippen LogP contribution in [0.2, 0.25) is 0 Å². The fourth-order valence-electron chi connectivity index (χ4n) is 1.41. The molecule has 1 aromatic rings. The van der Waals surface area contributed by atoms with Gasteiger partial charge in [0.15, 0.2) is 0 Å². The van der Waals surface area contributed by atoms with Gasteiger partial charge in [0.2, 0.25) is 5.91 Å². The lowest BCUT2D eigenvalue weighted by atomic mass is 9.92. The average Bonchev–Trinajstić information content (AvgIpc) is 2.27. The van der Waals surface area contributed by atoms with Crippen LogP contribution in [-0.2, 0) is 11.2 Å². The molecule has 0 spiro atoms. The molecule has 18 heavy (non-hydrogen) atoms. The van der Waals surface area contributed by atoms with Gasteiger partial charge >= 0.3 is 0 Å². The van der Waals surface area contributed by atoms with E-state index in [0.29, 0.717) is 18.5 Å². The summed E-state index contributed by atoms with van der Waals surface area (Å²) >= 11 is 0. The first-order chi connectivity index (χ1) is 8.35. The van der Waals surface area contributed by atoms with Gasteiger partial charge in [-0.3, -0.25) is 4.79 Å². The van der Waals surface area contributed by atoms with E-state index < -0.39 is 17.0 Å². The summed E-state index contributed by atoms with van der Waals surface area (Å²) in [5, 5.41) is 2.70. The highest BCUT2D eigenvalue weighted by molar-refractivity contribution is 5.82. The highest BCUT2D eigenvalue weighted by Gasteiger charge is 2.24. The largest absolute Gasteiger partial charge is 0.355 e. The third-order valence-electron chi connectivity index (χ3n) is 2.75. The van der Waals surface area contributed by atoms with Gasteiger partial charge in [-0.2, -0.15) is 0 Å². The quantitative estimate of drug-likeness (QED) is 0.841. The molecule has 0 saturated heterocycles. The standard InChI is InChI=1S/C13H18F2N2O/c1-13(2,8-16)12(18)17-4-3-9-5-10(14)7-11(15)6-9/h5-7H,3-4,8,16H2,1-2H3,(H,17,18). The first-order valence-electron chi connectivity index (χ1n) is 5.78. The van der Waals surface area contributed by atoms with E-state index in [1.165, 1.54) is 12.1 Å². The van der Waals surface area contributed by atoms with Crippen LogP contribution in [0.3, 0.4) is 0 Å². The van der Waals surface area contributed by atoms with Gasteiger partial charge in [-0.05, 0) is 38.0 Å². The van der Waals surface area contributed by atoms with Gasteiger partial charge < -0.3 is 11.1 Å². The molecule has 0 saturated carbocycles. The van der Waals surface area contributed by atoms with E-state index in [9.17, 15) is 13.6 Å². The summed E-state index contributed by atoms with van der Waals surface area (Å²) < 4.78 is 25.8. The molecule has 0 aliphatic carbocycles. The molecule has 0 unspecified atom stereocenters. The number of benzene rings is 1. The zero-order chi connectivity index (χ0) is 13.8. The second-order valence-electron chi connectivity index (χ2n) is 4.87. The van der Waals surface area contributed by atoms with E-state index in [-0.39, 0.29) is 12.5 Å². The van der Waals surface area contributed by atoms with Crippen LogP contribution in [0.25, 0.3) is 0 Å². The summed E-state index contributed by atoms with van der Waals surface area (Å²) in [5.74, 6) is -1.39. The molecular formula is C13H18F2N2O. The monoisotopic (exact) mass is 256 g/mol. The lowest BCUT2D eigenvalue weighted by molar-refractivity contribution is -0.128. The number of hydrogen-bond donors (Lipinski definition) is 2. The minimum absolute atomic E-state index is 0.165. The van der Waals surface area contributed by atoms with Crippen molar-refractivity contribution in [3.8, 4) is 0 Å². The van der Waals surface area contributed by atoms with Crippen LogP contribution >= 0.6 is 0 Å². The van der Waals surface area contributed by atoms with Gasteiger partial charge in [0, 0.05) is 19.2 Å². The van der Waals surface area contributed by atoms with Gasteiger partial charge in [-0.15, -0.1) is 0 Å². The molecule has 1 amide bonds. The number of rotatable bonds is 5. The topological polar surface area (TPSA) is 55.1 Å². The Morgan fingerprint density at radius 1 is 1.28 bits per heavy atom. The molecule has 5 heteroatoms. The SMILES string of the molecule is CC(C)(CN)C(=O)NCCc1cc(F)cc(F)c1. The van der Waals surface area contributed by atoms with Crippen molar-refractivity contribution < 1.29 is 13.6 Å². The van der Waals surface area contributed by atoms with Crippen LogP contribution in [0, 0.1) is 17.0 Å². The first-order valence-corrected chi connectivity index (χ1v) is 5.78. The van der Waals surface area contributed by atoms with Crippen LogP contribution < -0.4 is 11.1 Å². The molecule has 0 aliphatic heterocycles. The zero-order valence-corrected chi connectivity index (χ0v) is 10.6. The smallest absolute Gasteiger partial charge is 0.226 e. The molecule has 100 valence electrons. The third kappa shape index (κ3) is 4.07. The van der Waals surface area contributed by atoms with Crippen molar-refractivity contribution in [3.63, 3.8) is 0 Å². The molecule has 1 rings (SSSR count). The molecule has 0 bridgehead atoms. The molecule has 0 atom stereocenters. The molecule has 0 heterocycles. The predicted octanol–water partition coefficient (Wildman–Crippen LogP) is 1.61. The van der Waals surface area contributed by atoms with Gasteiger partial charge in [-0.25, -0.2) is 8.78 Å². The minimum Gasteiger partial charge on any atom is -0.355 e. The van der Waals surface area contributed by atoms with Crippen molar-refractivity contribution in [2.75, 3.05) is 13.1 Å². The minimum atomic E-state index is -0.632. The van der Waals surface area contributed by atoms with Crippen molar-refractivity contribution in [2.24, 2.45) is 11.1 Å². The maximum absolute atomic E-state index is 12.9. The Morgan fingerprint density at radius 2 is 1.83 bits per heavy atom. The number of carbonyl (C=O) groups is 1. The highest BCUT2D eigenvalue weighted by Crippen LogP contribution is 2.12. The Labute approximate surface area is 105 Å². The summed E-state index contributed by atoms with van der Waals surface area (Å²) in [6.45, 7) is 4.05. The lowest BCUT2D eigenvalue weighted by Crippen LogP contribution is -2.42.